The Kier molecular flexibility index (Phi) is 6.48. The van der Waals surface area contributed by atoms with E-state index in [-0.39, 0.29) is 18.4 Å². The molecule has 0 heterocycles. The van der Waals surface area contributed by atoms with Crippen molar-refractivity contribution in [1.29, 1.82) is 0 Å². The van der Waals surface area contributed by atoms with Crippen LogP contribution < -0.4 is 16.0 Å². The average Bonchev–Trinajstić information content (AvgIpc) is 2.36. The Morgan fingerprint density at radius 3 is 2.55 bits per heavy atom. The van der Waals surface area contributed by atoms with Crippen LogP contribution in [-0.2, 0) is 4.79 Å². The highest BCUT2D eigenvalue weighted by Crippen LogP contribution is 2.21. The Labute approximate surface area is 124 Å². The Morgan fingerprint density at radius 1 is 1.30 bits per heavy atom. The molecule has 6 heteroatoms. The Bertz CT molecular complexity index is 489. The molecule has 0 unspecified atom stereocenters. The fourth-order valence-electron chi connectivity index (χ4n) is 1.53. The highest BCUT2D eigenvalue weighted by Gasteiger charge is 2.11. The van der Waals surface area contributed by atoms with Crippen molar-refractivity contribution in [3.63, 3.8) is 0 Å². The maximum atomic E-state index is 11.9. The number of likely N-dealkylation sites (N-methyl/N-ethyl adjacent to an activating group) is 1. The van der Waals surface area contributed by atoms with Gasteiger partial charge in [0.25, 0.3) is 5.91 Å². The van der Waals surface area contributed by atoms with Crippen LogP contribution >= 0.6 is 11.6 Å². The lowest BCUT2D eigenvalue weighted by atomic mass is 10.1. The number of hydrogen-bond acceptors (Lipinski definition) is 3. The number of carbonyl (C=O) groups is 2. The molecule has 0 saturated carbocycles. The molecule has 1 aromatic rings. The van der Waals surface area contributed by atoms with Crippen molar-refractivity contribution in [3.05, 3.63) is 28.8 Å². The molecule has 2 amide bonds. The minimum absolute atomic E-state index is 0.166. The summed E-state index contributed by atoms with van der Waals surface area (Å²) in [7, 11) is 1.69. The van der Waals surface area contributed by atoms with Crippen molar-refractivity contribution < 1.29 is 9.59 Å². The van der Waals surface area contributed by atoms with Gasteiger partial charge in [0.05, 0.1) is 17.1 Å². The standard InChI is InChI=1S/C14H20ClN3O2/c1-9(2)7-17-14(20)11-5-4-10(6-12(11)15)18-13(19)8-16-3/h4-6,9,16H,7-8H2,1-3H3,(H,17,20)(H,18,19). The lowest BCUT2D eigenvalue weighted by Crippen LogP contribution is -2.27. The van der Waals surface area contributed by atoms with Gasteiger partial charge in [-0.1, -0.05) is 25.4 Å². The summed E-state index contributed by atoms with van der Waals surface area (Å²) in [6.45, 7) is 4.84. The molecule has 0 aromatic heterocycles. The second-order valence-corrected chi connectivity index (χ2v) is 5.28. The van der Waals surface area contributed by atoms with Crippen LogP contribution in [0.1, 0.15) is 24.2 Å². The molecule has 1 aromatic carbocycles. The summed E-state index contributed by atoms with van der Waals surface area (Å²) in [6, 6.07) is 4.83. The normalized spacial score (nSPS) is 10.4. The third kappa shape index (κ3) is 5.19. The summed E-state index contributed by atoms with van der Waals surface area (Å²) in [5, 5.41) is 8.55. The monoisotopic (exact) mass is 297 g/mol. The zero-order valence-electron chi connectivity index (χ0n) is 11.9. The quantitative estimate of drug-likeness (QED) is 0.751. The van der Waals surface area contributed by atoms with Crippen LogP contribution in [-0.4, -0.2) is 32.0 Å². The summed E-state index contributed by atoms with van der Waals surface area (Å²) in [6.07, 6.45) is 0. The van der Waals surface area contributed by atoms with Crippen molar-refractivity contribution in [2.45, 2.75) is 13.8 Å². The van der Waals surface area contributed by atoms with Gasteiger partial charge in [-0.25, -0.2) is 0 Å². The number of halogens is 1. The van der Waals surface area contributed by atoms with E-state index in [1.54, 1.807) is 25.2 Å². The molecular formula is C14H20ClN3O2. The molecule has 1 rings (SSSR count). The van der Waals surface area contributed by atoms with Crippen LogP contribution in [0.2, 0.25) is 5.02 Å². The highest BCUT2D eigenvalue weighted by atomic mass is 35.5. The minimum Gasteiger partial charge on any atom is -0.352 e. The van der Waals surface area contributed by atoms with Crippen molar-refractivity contribution in [2.75, 3.05) is 25.5 Å². The SMILES string of the molecule is CNCC(=O)Nc1ccc(C(=O)NCC(C)C)c(Cl)c1. The summed E-state index contributed by atoms with van der Waals surface area (Å²) in [4.78, 5) is 23.3. The molecule has 0 aliphatic rings. The van der Waals surface area contributed by atoms with Crippen LogP contribution in [0.4, 0.5) is 5.69 Å². The third-order valence-corrected chi connectivity index (χ3v) is 2.82. The smallest absolute Gasteiger partial charge is 0.252 e. The molecule has 110 valence electrons. The fraction of sp³-hybridized carbons (Fsp3) is 0.429. The predicted octanol–water partition coefficient (Wildman–Crippen LogP) is 1.88. The van der Waals surface area contributed by atoms with Crippen LogP contribution in [0.5, 0.6) is 0 Å². The summed E-state index contributed by atoms with van der Waals surface area (Å²) >= 11 is 6.07. The maximum absolute atomic E-state index is 11.9. The van der Waals surface area contributed by atoms with Gasteiger partial charge in [-0.3, -0.25) is 9.59 Å². The third-order valence-electron chi connectivity index (χ3n) is 2.51. The predicted molar refractivity (Wildman–Crippen MR) is 81.2 cm³/mol. The van der Waals surface area contributed by atoms with E-state index in [9.17, 15) is 9.59 Å². The number of amides is 2. The number of rotatable bonds is 6. The van der Waals surface area contributed by atoms with Gasteiger partial charge in [-0.2, -0.15) is 0 Å². The number of carbonyl (C=O) groups excluding carboxylic acids is 2. The molecular weight excluding hydrogens is 278 g/mol. The topological polar surface area (TPSA) is 70.2 Å². The zero-order valence-corrected chi connectivity index (χ0v) is 12.7. The molecule has 0 bridgehead atoms. The van der Waals surface area contributed by atoms with E-state index in [1.807, 2.05) is 13.8 Å². The second-order valence-electron chi connectivity index (χ2n) is 4.88. The molecule has 0 atom stereocenters. The van der Waals surface area contributed by atoms with Gasteiger partial charge < -0.3 is 16.0 Å². The molecule has 3 N–H and O–H groups in total. The molecule has 20 heavy (non-hydrogen) atoms. The second kappa shape index (κ2) is 7.87. The van der Waals surface area contributed by atoms with Gasteiger partial charge in [0, 0.05) is 12.2 Å². The highest BCUT2D eigenvalue weighted by molar-refractivity contribution is 6.34. The van der Waals surface area contributed by atoms with Gasteiger partial charge in [0.1, 0.15) is 0 Å². The first-order valence-electron chi connectivity index (χ1n) is 6.46. The Morgan fingerprint density at radius 2 is 2.00 bits per heavy atom. The van der Waals surface area contributed by atoms with E-state index in [1.165, 1.54) is 0 Å². The van der Waals surface area contributed by atoms with Crippen molar-refractivity contribution >= 4 is 29.1 Å². The first-order chi connectivity index (χ1) is 9.43. The molecule has 0 aliphatic carbocycles. The molecule has 0 radical (unpaired) electrons. The maximum Gasteiger partial charge on any atom is 0.252 e. The van der Waals surface area contributed by atoms with E-state index >= 15 is 0 Å². The van der Waals surface area contributed by atoms with Gasteiger partial charge in [-0.15, -0.1) is 0 Å². The number of nitrogens with one attached hydrogen (secondary N) is 3. The van der Waals surface area contributed by atoms with E-state index in [2.05, 4.69) is 16.0 Å². The fourth-order valence-corrected chi connectivity index (χ4v) is 1.80. The largest absolute Gasteiger partial charge is 0.352 e. The van der Waals surface area contributed by atoms with Gasteiger partial charge in [-0.05, 0) is 31.2 Å². The average molecular weight is 298 g/mol. The zero-order chi connectivity index (χ0) is 15.1. The minimum atomic E-state index is -0.211. The number of hydrogen-bond donors (Lipinski definition) is 3. The molecule has 0 aliphatic heterocycles. The lowest BCUT2D eigenvalue weighted by Gasteiger charge is -2.10. The molecule has 0 fully saturated rings. The Hall–Kier alpha value is -1.59. The van der Waals surface area contributed by atoms with Crippen molar-refractivity contribution in [3.8, 4) is 0 Å². The first-order valence-corrected chi connectivity index (χ1v) is 6.84. The summed E-state index contributed by atoms with van der Waals surface area (Å²) < 4.78 is 0. The van der Waals surface area contributed by atoms with Crippen molar-refractivity contribution in [2.24, 2.45) is 5.92 Å². The van der Waals surface area contributed by atoms with E-state index in [0.717, 1.165) is 0 Å². The van der Waals surface area contributed by atoms with E-state index < -0.39 is 0 Å². The Balaban J connectivity index is 2.72. The van der Waals surface area contributed by atoms with Gasteiger partial charge in [0.15, 0.2) is 0 Å². The van der Waals surface area contributed by atoms with Crippen molar-refractivity contribution in [1.82, 2.24) is 10.6 Å². The lowest BCUT2D eigenvalue weighted by molar-refractivity contribution is -0.115. The molecule has 0 saturated heterocycles. The first kappa shape index (κ1) is 16.5. The molecule has 5 nitrogen and oxygen atoms in total. The number of benzene rings is 1. The van der Waals surface area contributed by atoms with Gasteiger partial charge in [0.2, 0.25) is 5.91 Å². The van der Waals surface area contributed by atoms with Crippen LogP contribution in [0.3, 0.4) is 0 Å². The van der Waals surface area contributed by atoms with Crippen LogP contribution in [0, 0.1) is 5.92 Å². The number of anilines is 1. The molecule has 0 spiro atoms. The van der Waals surface area contributed by atoms with E-state index in [0.29, 0.717) is 28.7 Å². The van der Waals surface area contributed by atoms with E-state index in [4.69, 9.17) is 11.6 Å². The summed E-state index contributed by atoms with van der Waals surface area (Å²) in [5.74, 6) is -0.00444. The van der Waals surface area contributed by atoms with Crippen LogP contribution in [0.25, 0.3) is 0 Å². The van der Waals surface area contributed by atoms with Crippen LogP contribution in [0.15, 0.2) is 18.2 Å². The van der Waals surface area contributed by atoms with Gasteiger partial charge >= 0.3 is 0 Å². The summed E-state index contributed by atoms with van der Waals surface area (Å²) in [5.41, 5.74) is 0.967.